The van der Waals surface area contributed by atoms with Crippen LogP contribution in [0.4, 0.5) is 0 Å². The van der Waals surface area contributed by atoms with Gasteiger partial charge in [-0.25, -0.2) is 0 Å². The number of amides is 1. The zero-order chi connectivity index (χ0) is 11.5. The largest absolute Gasteiger partial charge is 0.350 e. The Bertz CT molecular complexity index is 366. The fourth-order valence-electron chi connectivity index (χ4n) is 1.75. The molecule has 1 fully saturated rings. The van der Waals surface area contributed by atoms with Gasteiger partial charge in [-0.3, -0.25) is 4.79 Å². The molecule has 6 heteroatoms. The summed E-state index contributed by atoms with van der Waals surface area (Å²) in [5, 5.41) is 6.20. The molecule has 2 heterocycles. The van der Waals surface area contributed by atoms with Gasteiger partial charge in [0.1, 0.15) is 5.69 Å². The molecule has 4 nitrogen and oxygen atoms in total. The van der Waals surface area contributed by atoms with Crippen LogP contribution in [0.15, 0.2) is 15.1 Å². The molecule has 1 saturated heterocycles. The number of carbonyl (C=O) groups excluding carboxylic acids is 1. The highest BCUT2D eigenvalue weighted by atomic mass is 79.9. The highest BCUT2D eigenvalue weighted by molar-refractivity contribution is 9.13. The summed E-state index contributed by atoms with van der Waals surface area (Å²) in [5.74, 6) is 0.504. The summed E-state index contributed by atoms with van der Waals surface area (Å²) in [6, 6.07) is 1.77. The molecule has 0 bridgehead atoms. The van der Waals surface area contributed by atoms with Crippen LogP contribution >= 0.6 is 31.9 Å². The first kappa shape index (κ1) is 12.1. The second kappa shape index (κ2) is 5.33. The highest BCUT2D eigenvalue weighted by Crippen LogP contribution is 2.22. The van der Waals surface area contributed by atoms with E-state index >= 15 is 0 Å². The van der Waals surface area contributed by atoms with Crippen molar-refractivity contribution in [2.75, 3.05) is 19.6 Å². The number of hydrogen-bond donors (Lipinski definition) is 3. The zero-order valence-corrected chi connectivity index (χ0v) is 11.8. The van der Waals surface area contributed by atoms with E-state index in [9.17, 15) is 4.79 Å². The lowest BCUT2D eigenvalue weighted by molar-refractivity contribution is 0.0943. The molecule has 0 aromatic carbocycles. The van der Waals surface area contributed by atoms with Crippen LogP contribution in [0.1, 0.15) is 16.9 Å². The normalized spacial score (nSPS) is 20.0. The third-order valence-corrected chi connectivity index (χ3v) is 4.47. The number of aromatic nitrogens is 1. The topological polar surface area (TPSA) is 56.9 Å². The van der Waals surface area contributed by atoms with E-state index in [2.05, 4.69) is 47.5 Å². The maximum absolute atomic E-state index is 11.8. The molecule has 1 aromatic rings. The minimum Gasteiger partial charge on any atom is -0.350 e. The van der Waals surface area contributed by atoms with Crippen LogP contribution in [-0.2, 0) is 0 Å². The summed E-state index contributed by atoms with van der Waals surface area (Å²) < 4.78 is 1.65. The van der Waals surface area contributed by atoms with Crippen LogP contribution in [0.5, 0.6) is 0 Å². The maximum Gasteiger partial charge on any atom is 0.267 e. The first-order valence-electron chi connectivity index (χ1n) is 5.19. The molecule has 16 heavy (non-hydrogen) atoms. The average Bonchev–Trinajstić information content (AvgIpc) is 2.86. The van der Waals surface area contributed by atoms with Crippen LogP contribution in [-0.4, -0.2) is 30.5 Å². The fraction of sp³-hybridized carbons (Fsp3) is 0.500. The first-order valence-corrected chi connectivity index (χ1v) is 6.78. The van der Waals surface area contributed by atoms with Crippen molar-refractivity contribution in [2.24, 2.45) is 5.92 Å². The van der Waals surface area contributed by atoms with E-state index in [4.69, 9.17) is 0 Å². The molecule has 1 amide bonds. The van der Waals surface area contributed by atoms with E-state index in [-0.39, 0.29) is 5.91 Å². The number of nitrogens with one attached hydrogen (secondary N) is 3. The van der Waals surface area contributed by atoms with Gasteiger partial charge in [-0.1, -0.05) is 0 Å². The standard InChI is InChI=1S/C10H13Br2N3O/c11-7-3-8(15-9(7)12)10(16)14-5-6-1-2-13-4-6/h3,6,13,15H,1-2,4-5H2,(H,14,16)/t6-/m0/s1. The van der Waals surface area contributed by atoms with E-state index in [0.717, 1.165) is 35.1 Å². The van der Waals surface area contributed by atoms with Gasteiger partial charge in [0.05, 0.1) is 9.08 Å². The van der Waals surface area contributed by atoms with E-state index in [1.807, 2.05) is 0 Å². The van der Waals surface area contributed by atoms with Crippen LogP contribution in [0.3, 0.4) is 0 Å². The van der Waals surface area contributed by atoms with Gasteiger partial charge >= 0.3 is 0 Å². The molecule has 0 saturated carbocycles. The van der Waals surface area contributed by atoms with Gasteiger partial charge in [0, 0.05) is 6.54 Å². The number of aromatic amines is 1. The predicted octanol–water partition coefficient (Wildman–Crippen LogP) is 1.88. The smallest absolute Gasteiger partial charge is 0.267 e. The van der Waals surface area contributed by atoms with Gasteiger partial charge in [0.15, 0.2) is 0 Å². The van der Waals surface area contributed by atoms with Gasteiger partial charge in [0.25, 0.3) is 5.91 Å². The number of H-pyrrole nitrogens is 1. The molecule has 0 radical (unpaired) electrons. The molecule has 1 aliphatic rings. The Morgan fingerprint density at radius 1 is 1.56 bits per heavy atom. The SMILES string of the molecule is O=C(NC[C@H]1CCNC1)c1cc(Br)c(Br)[nH]1. The van der Waals surface area contributed by atoms with Crippen LogP contribution in [0.2, 0.25) is 0 Å². The predicted molar refractivity (Wildman–Crippen MR) is 69.5 cm³/mol. The van der Waals surface area contributed by atoms with Gasteiger partial charge in [0.2, 0.25) is 0 Å². The van der Waals surface area contributed by atoms with E-state index in [1.165, 1.54) is 0 Å². The van der Waals surface area contributed by atoms with E-state index in [0.29, 0.717) is 11.6 Å². The maximum atomic E-state index is 11.8. The molecule has 0 unspecified atom stereocenters. The third-order valence-electron chi connectivity index (χ3n) is 2.68. The number of carbonyl (C=O) groups is 1. The molecule has 1 aromatic heterocycles. The van der Waals surface area contributed by atoms with E-state index < -0.39 is 0 Å². The quantitative estimate of drug-likeness (QED) is 0.779. The second-order valence-corrected chi connectivity index (χ2v) is 5.56. The van der Waals surface area contributed by atoms with Crippen molar-refractivity contribution < 1.29 is 4.79 Å². The van der Waals surface area contributed by atoms with Crippen LogP contribution in [0.25, 0.3) is 0 Å². The molecule has 0 spiro atoms. The first-order chi connectivity index (χ1) is 7.66. The van der Waals surface area contributed by atoms with Crippen molar-refractivity contribution in [3.63, 3.8) is 0 Å². The second-order valence-electron chi connectivity index (χ2n) is 3.91. The van der Waals surface area contributed by atoms with Crippen molar-refractivity contribution in [1.29, 1.82) is 0 Å². The molecule has 1 atom stereocenters. The van der Waals surface area contributed by atoms with Crippen LogP contribution < -0.4 is 10.6 Å². The Kier molecular flexibility index (Phi) is 4.05. The van der Waals surface area contributed by atoms with Crippen LogP contribution in [0, 0.1) is 5.92 Å². The van der Waals surface area contributed by atoms with Crippen molar-refractivity contribution >= 4 is 37.8 Å². The van der Waals surface area contributed by atoms with Gasteiger partial charge < -0.3 is 15.6 Å². The average molecular weight is 351 g/mol. The molecular formula is C10H13Br2N3O. The van der Waals surface area contributed by atoms with Gasteiger partial charge in [-0.05, 0) is 63.4 Å². The van der Waals surface area contributed by atoms with Crippen molar-refractivity contribution in [1.82, 2.24) is 15.6 Å². The molecule has 3 N–H and O–H groups in total. The molecule has 0 aliphatic carbocycles. The van der Waals surface area contributed by atoms with Crippen molar-refractivity contribution in [2.45, 2.75) is 6.42 Å². The number of halogens is 2. The lowest BCUT2D eigenvalue weighted by atomic mass is 10.1. The Morgan fingerprint density at radius 3 is 2.94 bits per heavy atom. The molecule has 88 valence electrons. The lowest BCUT2D eigenvalue weighted by Gasteiger charge is -2.08. The Labute approximate surface area is 111 Å². The Hall–Kier alpha value is -0.330. The summed E-state index contributed by atoms with van der Waals surface area (Å²) >= 11 is 6.64. The number of rotatable bonds is 3. The van der Waals surface area contributed by atoms with E-state index in [1.54, 1.807) is 6.07 Å². The Balaban J connectivity index is 1.87. The summed E-state index contributed by atoms with van der Waals surface area (Å²) in [4.78, 5) is 14.7. The minimum absolute atomic E-state index is 0.0571. The fourth-order valence-corrected chi connectivity index (χ4v) is 2.40. The molecule has 2 rings (SSSR count). The minimum atomic E-state index is -0.0571. The summed E-state index contributed by atoms with van der Waals surface area (Å²) in [6.45, 7) is 2.79. The zero-order valence-electron chi connectivity index (χ0n) is 8.65. The summed E-state index contributed by atoms with van der Waals surface area (Å²) in [7, 11) is 0. The van der Waals surface area contributed by atoms with Gasteiger partial charge in [-0.15, -0.1) is 0 Å². The number of hydrogen-bond acceptors (Lipinski definition) is 2. The third kappa shape index (κ3) is 2.87. The molecule has 1 aliphatic heterocycles. The van der Waals surface area contributed by atoms with Gasteiger partial charge in [-0.2, -0.15) is 0 Å². The summed E-state index contributed by atoms with van der Waals surface area (Å²) in [6.07, 6.45) is 1.14. The van der Waals surface area contributed by atoms with Crippen molar-refractivity contribution in [3.05, 3.63) is 20.8 Å². The highest BCUT2D eigenvalue weighted by Gasteiger charge is 2.16. The lowest BCUT2D eigenvalue weighted by Crippen LogP contribution is -2.30. The monoisotopic (exact) mass is 349 g/mol. The summed E-state index contributed by atoms with van der Waals surface area (Å²) in [5.41, 5.74) is 0.574. The Morgan fingerprint density at radius 2 is 2.38 bits per heavy atom. The molecular weight excluding hydrogens is 338 g/mol. The van der Waals surface area contributed by atoms with Crippen molar-refractivity contribution in [3.8, 4) is 0 Å².